The van der Waals surface area contributed by atoms with Gasteiger partial charge in [0.2, 0.25) is 17.7 Å². The van der Waals surface area contributed by atoms with Crippen LogP contribution in [0.5, 0.6) is 0 Å². The number of hydrogen-bond acceptors (Lipinski definition) is 5. The van der Waals surface area contributed by atoms with Crippen molar-refractivity contribution in [2.45, 2.75) is 68.9 Å². The molecule has 5 rings (SSSR count). The second-order valence-electron chi connectivity index (χ2n) is 9.04. The molecule has 3 aliphatic rings. The summed E-state index contributed by atoms with van der Waals surface area (Å²) < 4.78 is 15.0. The minimum absolute atomic E-state index is 0.127. The molecule has 6 nitrogen and oxygen atoms in total. The van der Waals surface area contributed by atoms with Crippen molar-refractivity contribution >= 4 is 29.1 Å². The standard InChI is InChI=1S/C24H26FN3O3S/c25-18-9-4-3-8-17(18)24(15-21(30)28(23(24)31)16-6-1-2-7-16)14-20(29)27-12-5-10-19(27)22-26-11-13-32-22/h3-4,8-9,11,13,16,19H,1-2,5-7,10,12,14-15H2/t19-,24+/m1/s1. The lowest BCUT2D eigenvalue weighted by atomic mass is 9.75. The third-order valence-corrected chi connectivity index (χ3v) is 8.07. The van der Waals surface area contributed by atoms with Crippen LogP contribution >= 0.6 is 11.3 Å². The largest absolute Gasteiger partial charge is 0.333 e. The molecule has 2 saturated heterocycles. The van der Waals surface area contributed by atoms with Crippen molar-refractivity contribution in [1.82, 2.24) is 14.8 Å². The summed E-state index contributed by atoms with van der Waals surface area (Å²) in [4.78, 5) is 47.9. The molecule has 0 N–H and O–H groups in total. The summed E-state index contributed by atoms with van der Waals surface area (Å²) in [6.45, 7) is 0.574. The summed E-state index contributed by atoms with van der Waals surface area (Å²) in [7, 11) is 0. The van der Waals surface area contributed by atoms with Gasteiger partial charge in [-0.05, 0) is 31.7 Å². The molecule has 1 aromatic carbocycles. The lowest BCUT2D eigenvalue weighted by Crippen LogP contribution is -2.46. The van der Waals surface area contributed by atoms with E-state index in [1.165, 1.54) is 22.3 Å². The number of likely N-dealkylation sites (tertiary alicyclic amines) is 2. The zero-order valence-electron chi connectivity index (χ0n) is 17.8. The molecule has 168 valence electrons. The van der Waals surface area contributed by atoms with Gasteiger partial charge in [0.15, 0.2) is 0 Å². The van der Waals surface area contributed by atoms with Crippen LogP contribution in [0.15, 0.2) is 35.8 Å². The van der Waals surface area contributed by atoms with E-state index in [-0.39, 0.29) is 42.3 Å². The molecule has 0 spiro atoms. The lowest BCUT2D eigenvalue weighted by molar-refractivity contribution is -0.145. The number of hydrogen-bond donors (Lipinski definition) is 0. The van der Waals surface area contributed by atoms with Crippen LogP contribution < -0.4 is 0 Å². The van der Waals surface area contributed by atoms with Gasteiger partial charge in [0.05, 0.1) is 11.5 Å². The van der Waals surface area contributed by atoms with Gasteiger partial charge < -0.3 is 4.90 Å². The summed E-state index contributed by atoms with van der Waals surface area (Å²) >= 11 is 1.51. The van der Waals surface area contributed by atoms with Gasteiger partial charge >= 0.3 is 0 Å². The Labute approximate surface area is 190 Å². The zero-order chi connectivity index (χ0) is 22.3. The first-order valence-corrected chi connectivity index (χ1v) is 12.2. The molecule has 2 aromatic rings. The Bertz CT molecular complexity index is 1040. The number of thiazole rings is 1. The van der Waals surface area contributed by atoms with Crippen molar-refractivity contribution < 1.29 is 18.8 Å². The first-order valence-electron chi connectivity index (χ1n) is 11.3. The predicted molar refractivity (Wildman–Crippen MR) is 117 cm³/mol. The summed E-state index contributed by atoms with van der Waals surface area (Å²) in [5.41, 5.74) is -1.34. The summed E-state index contributed by atoms with van der Waals surface area (Å²) in [6, 6.07) is 5.80. The van der Waals surface area contributed by atoms with E-state index in [1.54, 1.807) is 29.3 Å². The van der Waals surface area contributed by atoms with Gasteiger partial charge in [0.25, 0.3) is 0 Å². The van der Waals surface area contributed by atoms with E-state index in [1.807, 2.05) is 5.38 Å². The van der Waals surface area contributed by atoms with Crippen molar-refractivity contribution in [3.05, 3.63) is 52.2 Å². The molecular weight excluding hydrogens is 429 g/mol. The number of carbonyl (C=O) groups excluding carboxylic acids is 3. The second kappa shape index (κ2) is 8.39. The van der Waals surface area contributed by atoms with Gasteiger partial charge in [-0.3, -0.25) is 19.3 Å². The highest BCUT2D eigenvalue weighted by Crippen LogP contribution is 2.45. The van der Waals surface area contributed by atoms with Crippen molar-refractivity contribution in [2.24, 2.45) is 0 Å². The number of nitrogens with zero attached hydrogens (tertiary/aromatic N) is 3. The highest BCUT2D eigenvalue weighted by molar-refractivity contribution is 7.09. The number of halogens is 1. The van der Waals surface area contributed by atoms with Crippen molar-refractivity contribution in [1.29, 1.82) is 0 Å². The van der Waals surface area contributed by atoms with Crippen LogP contribution in [0.1, 0.15) is 68.0 Å². The summed E-state index contributed by atoms with van der Waals surface area (Å²) in [5, 5.41) is 2.76. The Balaban J connectivity index is 1.50. The normalized spacial score (nSPS) is 26.5. The van der Waals surface area contributed by atoms with Crippen LogP contribution in [-0.4, -0.2) is 45.1 Å². The van der Waals surface area contributed by atoms with E-state index in [0.717, 1.165) is 43.5 Å². The number of imide groups is 1. The summed E-state index contributed by atoms with van der Waals surface area (Å²) in [5.74, 6) is -1.48. The Morgan fingerprint density at radius 2 is 1.94 bits per heavy atom. The maximum Gasteiger partial charge on any atom is 0.241 e. The molecule has 2 atom stereocenters. The van der Waals surface area contributed by atoms with E-state index in [4.69, 9.17) is 0 Å². The highest BCUT2D eigenvalue weighted by atomic mass is 32.1. The monoisotopic (exact) mass is 455 g/mol. The molecule has 0 bridgehead atoms. The average molecular weight is 456 g/mol. The molecule has 3 amide bonds. The molecule has 1 aliphatic carbocycles. The quantitative estimate of drug-likeness (QED) is 0.640. The number of carbonyl (C=O) groups is 3. The molecule has 32 heavy (non-hydrogen) atoms. The third kappa shape index (κ3) is 3.45. The molecule has 8 heteroatoms. The fourth-order valence-electron chi connectivity index (χ4n) is 5.67. The Kier molecular flexibility index (Phi) is 5.57. The number of rotatable bonds is 5. The van der Waals surface area contributed by atoms with E-state index in [2.05, 4.69) is 4.98 Å². The number of aromatic nitrogens is 1. The molecule has 2 aliphatic heterocycles. The van der Waals surface area contributed by atoms with Crippen molar-refractivity contribution in [2.75, 3.05) is 6.54 Å². The molecule has 0 radical (unpaired) electrons. The van der Waals surface area contributed by atoms with Gasteiger partial charge in [0, 0.05) is 42.6 Å². The molecule has 1 aromatic heterocycles. The predicted octanol–water partition coefficient (Wildman–Crippen LogP) is 3.98. The minimum Gasteiger partial charge on any atom is -0.333 e. The van der Waals surface area contributed by atoms with Crippen LogP contribution in [0.4, 0.5) is 4.39 Å². The Morgan fingerprint density at radius 1 is 1.16 bits per heavy atom. The maximum absolute atomic E-state index is 15.0. The molecule has 3 heterocycles. The topological polar surface area (TPSA) is 70.6 Å². The van der Waals surface area contributed by atoms with Crippen LogP contribution in [-0.2, 0) is 19.8 Å². The lowest BCUT2D eigenvalue weighted by Gasteiger charge is -2.32. The van der Waals surface area contributed by atoms with Gasteiger partial charge in [-0.15, -0.1) is 11.3 Å². The fraction of sp³-hybridized carbons (Fsp3) is 0.500. The van der Waals surface area contributed by atoms with Crippen LogP contribution in [0, 0.1) is 5.82 Å². The first-order chi connectivity index (χ1) is 15.5. The van der Waals surface area contributed by atoms with Gasteiger partial charge in [-0.2, -0.15) is 0 Å². The van der Waals surface area contributed by atoms with E-state index in [9.17, 15) is 14.4 Å². The smallest absolute Gasteiger partial charge is 0.241 e. The summed E-state index contributed by atoms with van der Waals surface area (Å²) in [6.07, 6.45) is 6.51. The van der Waals surface area contributed by atoms with Gasteiger partial charge in [0.1, 0.15) is 10.8 Å². The van der Waals surface area contributed by atoms with Gasteiger partial charge in [-0.25, -0.2) is 9.37 Å². The molecular formula is C24H26FN3O3S. The van der Waals surface area contributed by atoms with Crippen LogP contribution in [0.25, 0.3) is 0 Å². The average Bonchev–Trinajstić information content (AvgIpc) is 3.57. The molecule has 0 unspecified atom stereocenters. The van der Waals surface area contributed by atoms with Gasteiger partial charge in [-0.1, -0.05) is 31.0 Å². The zero-order valence-corrected chi connectivity index (χ0v) is 18.7. The van der Waals surface area contributed by atoms with E-state index in [0.29, 0.717) is 6.54 Å². The fourth-order valence-corrected chi connectivity index (χ4v) is 6.45. The maximum atomic E-state index is 15.0. The van der Waals surface area contributed by atoms with E-state index < -0.39 is 17.1 Å². The number of amides is 3. The first kappa shape index (κ1) is 21.2. The Morgan fingerprint density at radius 3 is 2.66 bits per heavy atom. The minimum atomic E-state index is -1.49. The molecule has 3 fully saturated rings. The van der Waals surface area contributed by atoms with Crippen LogP contribution in [0.3, 0.4) is 0 Å². The van der Waals surface area contributed by atoms with Crippen molar-refractivity contribution in [3.63, 3.8) is 0 Å². The highest BCUT2D eigenvalue weighted by Gasteiger charge is 2.57. The second-order valence-corrected chi connectivity index (χ2v) is 9.96. The van der Waals surface area contributed by atoms with E-state index >= 15 is 4.39 Å². The Hall–Kier alpha value is -2.61. The van der Waals surface area contributed by atoms with Crippen LogP contribution in [0.2, 0.25) is 0 Å². The van der Waals surface area contributed by atoms with Crippen molar-refractivity contribution in [3.8, 4) is 0 Å². The third-order valence-electron chi connectivity index (χ3n) is 7.19. The molecule has 1 saturated carbocycles. The number of benzene rings is 1. The SMILES string of the molecule is O=C1C[C@@](CC(=O)N2CCC[C@@H]2c2nccs2)(c2ccccc2F)C(=O)N1C1CCCC1.